The highest BCUT2D eigenvalue weighted by Crippen LogP contribution is 2.52. The zero-order valence-corrected chi connectivity index (χ0v) is 13.7. The Labute approximate surface area is 141 Å². The van der Waals surface area contributed by atoms with Crippen molar-refractivity contribution in [3.8, 4) is 6.07 Å². The van der Waals surface area contributed by atoms with Gasteiger partial charge in [0.25, 0.3) is 0 Å². The third kappa shape index (κ3) is 7.89. The van der Waals surface area contributed by atoms with Gasteiger partial charge in [0, 0.05) is 20.1 Å². The van der Waals surface area contributed by atoms with Gasteiger partial charge >= 0.3 is 7.82 Å². The highest BCUT2D eigenvalue weighted by Gasteiger charge is 2.38. The van der Waals surface area contributed by atoms with Gasteiger partial charge in [-0.05, 0) is 6.42 Å². The summed E-state index contributed by atoms with van der Waals surface area (Å²) in [5.41, 5.74) is 0. The van der Waals surface area contributed by atoms with Crippen LogP contribution in [-0.4, -0.2) is 45.7 Å². The molecule has 1 saturated heterocycles. The molecule has 0 radical (unpaired) electrons. The van der Waals surface area contributed by atoms with E-state index in [1.54, 1.807) is 18.2 Å². The smallest absolute Gasteiger partial charge is 0.382 e. The molecule has 0 bridgehead atoms. The second-order valence-corrected chi connectivity index (χ2v) is 6.15. The lowest BCUT2D eigenvalue weighted by Crippen LogP contribution is -2.28. The Bertz CT molecular complexity index is 542. The summed E-state index contributed by atoms with van der Waals surface area (Å²) in [5, 5.41) is 8.60. The highest BCUT2D eigenvalue weighted by atomic mass is 31.2. The van der Waals surface area contributed by atoms with Crippen molar-refractivity contribution < 1.29 is 31.7 Å². The maximum absolute atomic E-state index is 12.8. The largest absolute Gasteiger partial charge is 0.475 e. The Morgan fingerprint density at radius 1 is 1.65 bits per heavy atom. The lowest BCUT2D eigenvalue weighted by Gasteiger charge is -2.23. The molecule has 0 aliphatic carbocycles. The summed E-state index contributed by atoms with van der Waals surface area (Å²) >= 11 is 0. The van der Waals surface area contributed by atoms with Gasteiger partial charge in [0.1, 0.15) is 12.2 Å². The molecule has 0 N–H and O–H groups in total. The Kier molecular flexibility index (Phi) is 7.78. The lowest BCUT2D eigenvalue weighted by atomic mass is 10.2. The molecule has 1 heterocycles. The predicted molar refractivity (Wildman–Crippen MR) is 84.8 cm³/mol. The minimum absolute atomic E-state index is 0.0151. The maximum Gasteiger partial charge on any atom is 0.475 e. The summed E-state index contributed by atoms with van der Waals surface area (Å²) in [4.78, 5) is 0. The second kappa shape index (κ2) is 11.5. The summed E-state index contributed by atoms with van der Waals surface area (Å²) in [6.45, 7) is 2.41. The SMILES string of the molecule is [2H]C([3H])OCC1OC([3H])CC1OP(=O)(OCCC#N)OCC/C=C/C=C. The Morgan fingerprint density at radius 3 is 3.22 bits per heavy atom. The van der Waals surface area contributed by atoms with Crippen molar-refractivity contribution in [3.63, 3.8) is 0 Å². The third-order valence-corrected chi connectivity index (χ3v) is 4.34. The average molecular weight is 350 g/mol. The number of methoxy groups -OCH3 is 1. The molecular formula is C15H24NO6P. The number of rotatable bonds is 12. The van der Waals surface area contributed by atoms with E-state index in [0.717, 1.165) is 0 Å². The number of nitriles is 1. The number of phosphoric ester groups is 1. The molecule has 8 heteroatoms. The van der Waals surface area contributed by atoms with Gasteiger partial charge in [-0.15, -0.1) is 0 Å². The molecule has 7 nitrogen and oxygen atoms in total. The average Bonchev–Trinajstić information content (AvgIpc) is 2.92. The van der Waals surface area contributed by atoms with Crippen LogP contribution in [0.25, 0.3) is 0 Å². The van der Waals surface area contributed by atoms with E-state index in [4.69, 9.17) is 32.4 Å². The summed E-state index contributed by atoms with van der Waals surface area (Å²) in [6.07, 6.45) is 4.08. The molecule has 130 valence electrons. The van der Waals surface area contributed by atoms with Gasteiger partial charge < -0.3 is 9.47 Å². The van der Waals surface area contributed by atoms with Crippen LogP contribution < -0.4 is 0 Å². The molecule has 1 aliphatic rings. The van der Waals surface area contributed by atoms with Crippen molar-refractivity contribution in [1.29, 1.82) is 5.26 Å². The van der Waals surface area contributed by atoms with Gasteiger partial charge in [-0.2, -0.15) is 5.26 Å². The van der Waals surface area contributed by atoms with Crippen molar-refractivity contribution in [2.24, 2.45) is 0 Å². The number of hydrogen-bond acceptors (Lipinski definition) is 7. The van der Waals surface area contributed by atoms with Crippen LogP contribution in [-0.2, 0) is 27.6 Å². The first-order valence-electron chi connectivity index (χ1n) is 8.89. The molecule has 1 fully saturated rings. The van der Waals surface area contributed by atoms with E-state index < -0.39 is 33.7 Å². The molecule has 0 spiro atoms. The predicted octanol–water partition coefficient (Wildman–Crippen LogP) is 2.99. The lowest BCUT2D eigenvalue weighted by molar-refractivity contribution is -0.0165. The van der Waals surface area contributed by atoms with Crippen LogP contribution in [0.3, 0.4) is 0 Å². The quantitative estimate of drug-likeness (QED) is 0.304. The Balaban J connectivity index is 2.68. The van der Waals surface area contributed by atoms with E-state index in [1.807, 2.05) is 6.07 Å². The Morgan fingerprint density at radius 2 is 2.48 bits per heavy atom. The number of ether oxygens (including phenoxy) is 2. The molecule has 1 aliphatic heterocycles. The second-order valence-electron chi connectivity index (χ2n) is 4.53. The van der Waals surface area contributed by atoms with Crippen LogP contribution in [0.2, 0.25) is 0 Å². The fraction of sp³-hybridized carbons (Fsp3) is 0.667. The van der Waals surface area contributed by atoms with Crippen LogP contribution in [0.15, 0.2) is 24.8 Å². The third-order valence-electron chi connectivity index (χ3n) is 2.81. The van der Waals surface area contributed by atoms with Gasteiger partial charge in [-0.1, -0.05) is 24.8 Å². The van der Waals surface area contributed by atoms with E-state index in [-0.39, 0.29) is 32.7 Å². The molecular weight excluding hydrogens is 321 g/mol. The van der Waals surface area contributed by atoms with Crippen LogP contribution >= 0.6 is 7.82 Å². The first-order valence-corrected chi connectivity index (χ1v) is 8.62. The molecule has 5 unspecified atom stereocenters. The van der Waals surface area contributed by atoms with Gasteiger partial charge in [0.15, 0.2) is 0 Å². The topological polar surface area (TPSA) is 87.0 Å². The zero-order valence-electron chi connectivity index (χ0n) is 15.8. The molecule has 0 aromatic heterocycles. The van der Waals surface area contributed by atoms with Crippen molar-refractivity contribution in [1.82, 2.24) is 0 Å². The minimum Gasteiger partial charge on any atom is -0.382 e. The zero-order chi connectivity index (χ0) is 19.4. The summed E-state index contributed by atoms with van der Waals surface area (Å²) < 4.78 is 60.7. The first-order chi connectivity index (χ1) is 12.4. The molecule has 5 atom stereocenters. The van der Waals surface area contributed by atoms with E-state index in [0.29, 0.717) is 6.42 Å². The van der Waals surface area contributed by atoms with E-state index in [9.17, 15) is 4.57 Å². The molecule has 23 heavy (non-hydrogen) atoms. The fourth-order valence-electron chi connectivity index (χ4n) is 1.76. The molecule has 0 saturated carbocycles. The summed E-state index contributed by atoms with van der Waals surface area (Å²) in [7, 11) is -5.49. The van der Waals surface area contributed by atoms with Gasteiger partial charge in [-0.25, -0.2) is 4.57 Å². The number of nitrogens with zero attached hydrogens (tertiary/aromatic N) is 1. The number of allylic oxidation sites excluding steroid dienone is 2. The van der Waals surface area contributed by atoms with Crippen molar-refractivity contribution >= 4 is 7.82 Å². The van der Waals surface area contributed by atoms with Crippen LogP contribution in [0.4, 0.5) is 0 Å². The van der Waals surface area contributed by atoms with Gasteiger partial charge in [-0.3, -0.25) is 13.6 Å². The molecule has 0 aromatic rings. The fourth-order valence-corrected chi connectivity index (χ4v) is 3.15. The number of hydrogen-bond donors (Lipinski definition) is 0. The molecule has 1 rings (SSSR count). The molecule has 0 aromatic carbocycles. The van der Waals surface area contributed by atoms with Crippen molar-refractivity contribution in [2.45, 2.75) is 31.5 Å². The van der Waals surface area contributed by atoms with Crippen LogP contribution in [0, 0.1) is 11.3 Å². The minimum atomic E-state index is -3.98. The summed E-state index contributed by atoms with van der Waals surface area (Å²) in [5.74, 6) is 0. The standard InChI is InChI=1S/C15H24NO6P/c1-3-4-5-6-10-20-23(17,21-11-7-9-16)22-14-8-12-19-15(14)13-18-2/h3-5,14-15H,1,6-8,10-13H2,2H3/b5-4+/i2TD,12T. The Hall–Kier alpha value is -1.00. The van der Waals surface area contributed by atoms with Crippen molar-refractivity contribution in [2.75, 3.05) is 33.5 Å². The van der Waals surface area contributed by atoms with Gasteiger partial charge in [0.2, 0.25) is 0 Å². The maximum atomic E-state index is 12.8. The van der Waals surface area contributed by atoms with E-state index in [1.165, 1.54) is 0 Å². The summed E-state index contributed by atoms with van der Waals surface area (Å²) in [6, 6.07) is 1.87. The van der Waals surface area contributed by atoms with Crippen LogP contribution in [0.1, 0.15) is 23.4 Å². The molecule has 0 amide bonds. The number of phosphoric acid groups is 1. The normalized spacial score (nSPS) is 30.0. The first kappa shape index (κ1) is 15.5. The van der Waals surface area contributed by atoms with Gasteiger partial charge in [0.05, 0.1) is 36.4 Å². The highest BCUT2D eigenvalue weighted by molar-refractivity contribution is 7.48. The van der Waals surface area contributed by atoms with E-state index in [2.05, 4.69) is 6.58 Å². The van der Waals surface area contributed by atoms with Crippen LogP contribution in [0.5, 0.6) is 0 Å². The monoisotopic (exact) mass is 350 g/mol. The van der Waals surface area contributed by atoms with Crippen molar-refractivity contribution in [3.05, 3.63) is 24.8 Å². The van der Waals surface area contributed by atoms with E-state index >= 15 is 0 Å².